The van der Waals surface area contributed by atoms with Gasteiger partial charge in [-0.25, -0.2) is 0 Å². The van der Waals surface area contributed by atoms with E-state index in [0.717, 1.165) is 31.3 Å². The maximum Gasteiger partial charge on any atom is 0.235 e. The van der Waals surface area contributed by atoms with Gasteiger partial charge in [-0.15, -0.1) is 10.2 Å². The Morgan fingerprint density at radius 1 is 1.08 bits per heavy atom. The van der Waals surface area contributed by atoms with E-state index in [-0.39, 0.29) is 25.7 Å². The second-order valence-electron chi connectivity index (χ2n) is 8.98. The molecule has 1 atom stereocenters. The molecule has 0 aliphatic carbocycles. The zero-order chi connectivity index (χ0) is 25.1. The molecule has 1 fully saturated rings. The molecule has 2 aliphatic heterocycles. The Labute approximate surface area is 218 Å². The molecule has 36 heavy (non-hydrogen) atoms. The number of hydrogen-bond donors (Lipinski definition) is 2. The van der Waals surface area contributed by atoms with Crippen molar-refractivity contribution in [3.05, 3.63) is 63.8 Å². The molecule has 1 saturated heterocycles. The number of furan rings is 1. The summed E-state index contributed by atoms with van der Waals surface area (Å²) in [6.07, 6.45) is 1.37. The number of rotatable bonds is 8. The summed E-state index contributed by atoms with van der Waals surface area (Å²) in [6.45, 7) is 2.36. The lowest BCUT2D eigenvalue weighted by molar-refractivity contribution is 0.0599. The number of nitrogens with zero attached hydrogens (tertiary/aromatic N) is 3. The number of aliphatic hydroxyl groups is 2. The van der Waals surface area contributed by atoms with Crippen molar-refractivity contribution in [2.24, 2.45) is 10.2 Å². The van der Waals surface area contributed by atoms with Crippen molar-refractivity contribution in [2.45, 2.75) is 24.9 Å². The van der Waals surface area contributed by atoms with Gasteiger partial charge in [0.15, 0.2) is 5.76 Å². The highest BCUT2D eigenvalue weighted by Gasteiger charge is 2.23. The summed E-state index contributed by atoms with van der Waals surface area (Å²) in [4.78, 5) is 2.26. The van der Waals surface area contributed by atoms with Crippen molar-refractivity contribution in [3.63, 3.8) is 0 Å². The van der Waals surface area contributed by atoms with E-state index in [1.54, 1.807) is 0 Å². The summed E-state index contributed by atoms with van der Waals surface area (Å²) >= 11 is 12.2. The Kier molecular flexibility index (Phi) is 7.79. The van der Waals surface area contributed by atoms with Gasteiger partial charge in [-0.05, 0) is 67.7 Å². The van der Waals surface area contributed by atoms with E-state index in [2.05, 4.69) is 15.1 Å². The smallest absolute Gasteiger partial charge is 0.235 e. The fourth-order valence-corrected chi connectivity index (χ4v) is 4.88. The molecule has 8 nitrogen and oxygen atoms in total. The zero-order valence-corrected chi connectivity index (χ0v) is 21.1. The third kappa shape index (κ3) is 5.68. The number of ether oxygens (including phenoxy) is 2. The maximum atomic E-state index is 10.6. The summed E-state index contributed by atoms with van der Waals surface area (Å²) in [7, 11) is 0. The van der Waals surface area contributed by atoms with Gasteiger partial charge in [0.25, 0.3) is 0 Å². The number of halogens is 2. The van der Waals surface area contributed by atoms with Crippen LogP contribution >= 0.6 is 23.2 Å². The lowest BCUT2D eigenvalue weighted by Crippen LogP contribution is -2.40. The molecular formula is C26H27Cl2N3O5. The van der Waals surface area contributed by atoms with Gasteiger partial charge in [-0.3, -0.25) is 0 Å². The van der Waals surface area contributed by atoms with Crippen LogP contribution in [-0.2, 0) is 4.74 Å². The summed E-state index contributed by atoms with van der Waals surface area (Å²) in [5.74, 6) is 1.76. The van der Waals surface area contributed by atoms with Crippen LogP contribution in [0.4, 0.5) is 0 Å². The molecule has 2 N–H and O–H groups in total. The van der Waals surface area contributed by atoms with Crippen molar-refractivity contribution >= 4 is 45.8 Å². The van der Waals surface area contributed by atoms with Crippen molar-refractivity contribution in [3.8, 4) is 5.75 Å². The highest BCUT2D eigenvalue weighted by Crippen LogP contribution is 2.33. The van der Waals surface area contributed by atoms with Crippen LogP contribution in [-0.4, -0.2) is 72.3 Å². The summed E-state index contributed by atoms with van der Waals surface area (Å²) < 4.78 is 17.2. The minimum Gasteiger partial charge on any atom is -0.490 e. The van der Waals surface area contributed by atoms with Crippen LogP contribution in [0.25, 0.3) is 11.0 Å². The van der Waals surface area contributed by atoms with Gasteiger partial charge in [0.05, 0.1) is 15.4 Å². The third-order valence-corrected chi connectivity index (χ3v) is 7.24. The number of aliphatic hydroxyl groups excluding tert-OH is 2. The zero-order valence-electron chi connectivity index (χ0n) is 19.6. The van der Waals surface area contributed by atoms with Crippen LogP contribution in [0, 0.1) is 0 Å². The second-order valence-corrected chi connectivity index (χ2v) is 9.79. The summed E-state index contributed by atoms with van der Waals surface area (Å²) in [5.41, 5.74) is 2.38. The van der Waals surface area contributed by atoms with Crippen molar-refractivity contribution in [2.75, 3.05) is 39.5 Å². The number of fused-ring (bicyclic) bond motifs is 1. The van der Waals surface area contributed by atoms with E-state index in [1.807, 2.05) is 42.5 Å². The average Bonchev–Trinajstić information content (AvgIpc) is 3.35. The van der Waals surface area contributed by atoms with Gasteiger partial charge >= 0.3 is 0 Å². The maximum absolute atomic E-state index is 10.6. The van der Waals surface area contributed by atoms with Crippen LogP contribution in [0.3, 0.4) is 0 Å². The van der Waals surface area contributed by atoms with Crippen molar-refractivity contribution in [1.29, 1.82) is 0 Å². The monoisotopic (exact) mass is 531 g/mol. The normalized spacial score (nSPS) is 18.0. The van der Waals surface area contributed by atoms with Gasteiger partial charge in [0.2, 0.25) is 5.90 Å². The molecule has 2 aromatic carbocycles. The van der Waals surface area contributed by atoms with E-state index in [9.17, 15) is 5.11 Å². The lowest BCUT2D eigenvalue weighted by atomic mass is 9.89. The first-order valence-electron chi connectivity index (χ1n) is 11.9. The lowest BCUT2D eigenvalue weighted by Gasteiger charge is -2.33. The van der Waals surface area contributed by atoms with Crippen LogP contribution in [0.5, 0.6) is 5.75 Å². The second kappa shape index (κ2) is 11.2. The van der Waals surface area contributed by atoms with Crippen LogP contribution in [0.2, 0.25) is 10.0 Å². The SMILES string of the molecule is OCC1=NN=C(c2cc3c(OC[C@@H](O)CN4CCC(c5ccc(Cl)c(Cl)c5)CC4)cccc3o2)CO1. The molecule has 0 bridgehead atoms. The van der Waals surface area contributed by atoms with Gasteiger partial charge < -0.3 is 29.0 Å². The molecule has 0 saturated carbocycles. The molecule has 3 aromatic rings. The fourth-order valence-electron chi connectivity index (χ4n) is 4.58. The number of benzene rings is 2. The first-order chi connectivity index (χ1) is 17.5. The molecule has 3 heterocycles. The first-order valence-corrected chi connectivity index (χ1v) is 12.6. The third-order valence-electron chi connectivity index (χ3n) is 6.50. The molecule has 10 heteroatoms. The van der Waals surface area contributed by atoms with E-state index in [4.69, 9.17) is 42.2 Å². The Balaban J connectivity index is 1.15. The molecular weight excluding hydrogens is 505 g/mol. The number of hydrogen-bond acceptors (Lipinski definition) is 8. The summed E-state index contributed by atoms with van der Waals surface area (Å²) in [6, 6.07) is 13.2. The largest absolute Gasteiger partial charge is 0.490 e. The van der Waals surface area contributed by atoms with Crippen LogP contribution in [0.1, 0.15) is 30.1 Å². The average molecular weight is 532 g/mol. The molecule has 5 rings (SSSR count). The number of β-amino-alcohol motifs (C(OH)–C–C–N with tert-alkyl or cyclic N) is 1. The number of piperidine rings is 1. The van der Waals surface area contributed by atoms with E-state index >= 15 is 0 Å². The quantitative estimate of drug-likeness (QED) is 0.444. The first kappa shape index (κ1) is 25.0. The Hall–Kier alpha value is -2.62. The molecule has 0 radical (unpaired) electrons. The Morgan fingerprint density at radius 2 is 1.92 bits per heavy atom. The molecule has 0 spiro atoms. The molecule has 0 amide bonds. The van der Waals surface area contributed by atoms with Crippen LogP contribution in [0.15, 0.2) is 57.1 Å². The molecule has 190 valence electrons. The highest BCUT2D eigenvalue weighted by atomic mass is 35.5. The Morgan fingerprint density at radius 3 is 2.64 bits per heavy atom. The van der Waals surface area contributed by atoms with Gasteiger partial charge in [0.1, 0.15) is 43.0 Å². The predicted molar refractivity (Wildman–Crippen MR) is 140 cm³/mol. The van der Waals surface area contributed by atoms with Crippen molar-refractivity contribution in [1.82, 2.24) is 4.90 Å². The van der Waals surface area contributed by atoms with Gasteiger partial charge in [-0.2, -0.15) is 0 Å². The Bertz CT molecular complexity index is 1280. The van der Waals surface area contributed by atoms with Gasteiger partial charge in [0, 0.05) is 6.54 Å². The highest BCUT2D eigenvalue weighted by molar-refractivity contribution is 6.42. The van der Waals surface area contributed by atoms with E-state index in [1.165, 1.54) is 5.56 Å². The molecule has 1 aromatic heterocycles. The summed E-state index contributed by atoms with van der Waals surface area (Å²) in [5, 5.41) is 29.6. The van der Waals surface area contributed by atoms with E-state index in [0.29, 0.717) is 45.3 Å². The number of likely N-dealkylation sites (tertiary alicyclic amines) is 1. The van der Waals surface area contributed by atoms with Crippen molar-refractivity contribution < 1.29 is 24.1 Å². The molecule has 2 aliphatic rings. The predicted octanol–water partition coefficient (Wildman–Crippen LogP) is 4.48. The van der Waals surface area contributed by atoms with Gasteiger partial charge in [-0.1, -0.05) is 35.3 Å². The minimum absolute atomic E-state index is 0.163. The fraction of sp³-hybridized carbons (Fsp3) is 0.385. The van der Waals surface area contributed by atoms with E-state index < -0.39 is 6.10 Å². The van der Waals surface area contributed by atoms with Crippen LogP contribution < -0.4 is 4.74 Å². The topological polar surface area (TPSA) is 100 Å². The molecule has 0 unspecified atom stereocenters. The standard InChI is InChI=1S/C26H27Cl2N3O5/c27-20-5-4-17(10-21(20)28)16-6-8-31(9-7-16)12-18(33)14-34-23-2-1-3-24-19(23)11-25(36-24)22-15-35-26(13-32)30-29-22/h1-5,10-11,16,18,32-33H,6-9,12-15H2/t18-/m0/s1. The minimum atomic E-state index is -0.629.